The number of hydrogen-bond acceptors (Lipinski definition) is 4. The Balaban J connectivity index is 1.67. The summed E-state index contributed by atoms with van der Waals surface area (Å²) < 4.78 is 2.03. The van der Waals surface area contributed by atoms with E-state index in [2.05, 4.69) is 52.6 Å². The van der Waals surface area contributed by atoms with Crippen LogP contribution in [0.3, 0.4) is 0 Å². The number of aromatic nitrogens is 5. The maximum Gasteiger partial charge on any atom is 0.258 e. The first-order chi connectivity index (χ1) is 14.6. The number of aromatic amines is 1. The van der Waals surface area contributed by atoms with Gasteiger partial charge in [-0.3, -0.25) is 4.79 Å². The second kappa shape index (κ2) is 7.95. The predicted octanol–water partition coefficient (Wildman–Crippen LogP) is 2.40. The molecule has 0 bridgehead atoms. The van der Waals surface area contributed by atoms with E-state index in [1.54, 1.807) is 0 Å². The van der Waals surface area contributed by atoms with E-state index >= 15 is 0 Å². The molecule has 0 amide bonds. The van der Waals surface area contributed by atoms with Crippen molar-refractivity contribution < 1.29 is 4.90 Å². The van der Waals surface area contributed by atoms with Gasteiger partial charge in [0.2, 0.25) is 5.82 Å². The second-order valence-electron chi connectivity index (χ2n) is 9.17. The molecule has 2 N–H and O–H groups in total. The molecule has 2 aromatic heterocycles. The summed E-state index contributed by atoms with van der Waals surface area (Å²) in [6.45, 7) is 6.25. The number of fused-ring (bicyclic) bond motifs is 1. The fraction of sp³-hybridized carbons (Fsp3) is 0.565. The monoisotopic (exact) mass is 407 g/mol. The summed E-state index contributed by atoms with van der Waals surface area (Å²) in [6, 6.07) is 6.59. The first-order valence-electron chi connectivity index (χ1n) is 11.4. The van der Waals surface area contributed by atoms with Gasteiger partial charge in [0.15, 0.2) is 6.04 Å². The van der Waals surface area contributed by atoms with Crippen LogP contribution in [0.5, 0.6) is 0 Å². The van der Waals surface area contributed by atoms with E-state index in [-0.39, 0.29) is 11.6 Å². The van der Waals surface area contributed by atoms with Gasteiger partial charge in [0.05, 0.1) is 30.2 Å². The Morgan fingerprint density at radius 1 is 1.07 bits per heavy atom. The predicted molar refractivity (Wildman–Crippen MR) is 116 cm³/mol. The third kappa shape index (κ3) is 3.45. The highest BCUT2D eigenvalue weighted by atomic mass is 16.1. The zero-order valence-electron chi connectivity index (χ0n) is 17.9. The first kappa shape index (κ1) is 19.4. The van der Waals surface area contributed by atoms with Crippen molar-refractivity contribution in [1.82, 2.24) is 25.2 Å². The van der Waals surface area contributed by atoms with E-state index < -0.39 is 0 Å². The molecule has 3 aromatic rings. The fourth-order valence-corrected chi connectivity index (χ4v) is 5.55. The van der Waals surface area contributed by atoms with Crippen molar-refractivity contribution in [2.75, 3.05) is 13.1 Å². The molecule has 1 saturated carbocycles. The normalized spacial score (nSPS) is 19.5. The number of quaternary nitrogens is 1. The molecule has 2 fully saturated rings. The van der Waals surface area contributed by atoms with E-state index in [1.807, 2.05) is 4.68 Å². The van der Waals surface area contributed by atoms with Crippen LogP contribution < -0.4 is 10.5 Å². The minimum absolute atomic E-state index is 0.0153. The van der Waals surface area contributed by atoms with Gasteiger partial charge in [-0.05, 0) is 79.5 Å². The fourth-order valence-electron chi connectivity index (χ4n) is 5.55. The van der Waals surface area contributed by atoms with Crippen LogP contribution in [0.2, 0.25) is 0 Å². The van der Waals surface area contributed by atoms with Crippen molar-refractivity contribution in [3.63, 3.8) is 0 Å². The Hall–Kier alpha value is -2.54. The minimum Gasteiger partial charge on any atom is -0.322 e. The Kier molecular flexibility index (Phi) is 5.15. The van der Waals surface area contributed by atoms with Crippen LogP contribution in [-0.4, -0.2) is 38.3 Å². The number of aryl methyl sites for hydroxylation is 2. The number of pyridine rings is 1. The van der Waals surface area contributed by atoms with E-state index in [1.165, 1.54) is 42.6 Å². The lowest BCUT2D eigenvalue weighted by Crippen LogP contribution is -3.13. The quantitative estimate of drug-likeness (QED) is 0.696. The highest BCUT2D eigenvalue weighted by molar-refractivity contribution is 5.83. The molecule has 1 aromatic carbocycles. The Morgan fingerprint density at radius 3 is 2.60 bits per heavy atom. The van der Waals surface area contributed by atoms with E-state index in [0.29, 0.717) is 6.04 Å². The van der Waals surface area contributed by atoms with Gasteiger partial charge < -0.3 is 9.88 Å². The molecule has 158 valence electrons. The van der Waals surface area contributed by atoms with Crippen molar-refractivity contribution in [3.8, 4) is 0 Å². The molecule has 7 heteroatoms. The van der Waals surface area contributed by atoms with E-state index in [9.17, 15) is 4.79 Å². The summed E-state index contributed by atoms with van der Waals surface area (Å²) in [5.41, 5.74) is 4.01. The van der Waals surface area contributed by atoms with Gasteiger partial charge in [0.25, 0.3) is 5.56 Å². The number of likely N-dealkylation sites (tertiary alicyclic amines) is 1. The van der Waals surface area contributed by atoms with Crippen LogP contribution in [-0.2, 0) is 0 Å². The molecule has 3 heterocycles. The van der Waals surface area contributed by atoms with Gasteiger partial charge >= 0.3 is 0 Å². The second-order valence-corrected chi connectivity index (χ2v) is 9.17. The molecule has 7 nitrogen and oxygen atoms in total. The lowest BCUT2D eigenvalue weighted by molar-refractivity contribution is -0.931. The molecule has 1 atom stereocenters. The summed E-state index contributed by atoms with van der Waals surface area (Å²) >= 11 is 0. The van der Waals surface area contributed by atoms with Crippen molar-refractivity contribution in [1.29, 1.82) is 0 Å². The average Bonchev–Trinajstić information content (AvgIpc) is 3.42. The Morgan fingerprint density at radius 2 is 1.83 bits per heavy atom. The summed E-state index contributed by atoms with van der Waals surface area (Å²) in [5.74, 6) is 0.855. The van der Waals surface area contributed by atoms with E-state index in [0.717, 1.165) is 53.8 Å². The number of nitrogens with one attached hydrogen (secondary N) is 2. The highest BCUT2D eigenvalue weighted by Gasteiger charge is 2.36. The molecule has 1 aliphatic heterocycles. The SMILES string of the molecule is Cc1cc(C)c2[nH]c(=O)c([C@H](c3nnnn3C3CCCC3)[NH+]3CCCCC3)cc2c1. The van der Waals surface area contributed by atoms with Crippen LogP contribution in [0.15, 0.2) is 23.0 Å². The van der Waals surface area contributed by atoms with Gasteiger partial charge in [-0.25, -0.2) is 4.68 Å². The van der Waals surface area contributed by atoms with Gasteiger partial charge in [-0.15, -0.1) is 5.10 Å². The lowest BCUT2D eigenvalue weighted by atomic mass is 9.98. The molecule has 5 rings (SSSR count). The molecule has 2 aliphatic rings. The molecule has 0 spiro atoms. The first-order valence-corrected chi connectivity index (χ1v) is 11.4. The van der Waals surface area contributed by atoms with Gasteiger partial charge in [0.1, 0.15) is 0 Å². The molecule has 1 saturated heterocycles. The number of rotatable bonds is 4. The minimum atomic E-state index is -0.130. The number of benzene rings is 1. The van der Waals surface area contributed by atoms with Crippen molar-refractivity contribution in [3.05, 3.63) is 51.1 Å². The van der Waals surface area contributed by atoms with Gasteiger partial charge in [-0.2, -0.15) is 0 Å². The van der Waals surface area contributed by atoms with Crippen molar-refractivity contribution in [2.24, 2.45) is 0 Å². The van der Waals surface area contributed by atoms with Crippen molar-refractivity contribution in [2.45, 2.75) is 70.9 Å². The van der Waals surface area contributed by atoms with Gasteiger partial charge in [0, 0.05) is 0 Å². The number of tetrazole rings is 1. The summed E-state index contributed by atoms with van der Waals surface area (Å²) in [7, 11) is 0. The zero-order valence-corrected chi connectivity index (χ0v) is 17.9. The molecule has 30 heavy (non-hydrogen) atoms. The number of piperidine rings is 1. The zero-order chi connectivity index (χ0) is 20.7. The smallest absolute Gasteiger partial charge is 0.258 e. The average molecular weight is 408 g/mol. The third-order valence-corrected chi connectivity index (χ3v) is 6.98. The molecular formula is C23H31N6O+. The summed E-state index contributed by atoms with van der Waals surface area (Å²) in [4.78, 5) is 17.9. The summed E-state index contributed by atoms with van der Waals surface area (Å²) in [5, 5.41) is 14.0. The van der Waals surface area contributed by atoms with Crippen LogP contribution >= 0.6 is 0 Å². The van der Waals surface area contributed by atoms with Crippen LogP contribution in [0.25, 0.3) is 10.9 Å². The molecule has 0 radical (unpaired) electrons. The summed E-state index contributed by atoms with van der Waals surface area (Å²) in [6.07, 6.45) is 8.30. The van der Waals surface area contributed by atoms with E-state index in [4.69, 9.17) is 0 Å². The molecule has 1 aliphatic carbocycles. The maximum absolute atomic E-state index is 13.3. The Labute approximate surface area is 176 Å². The van der Waals surface area contributed by atoms with Gasteiger partial charge in [-0.1, -0.05) is 24.5 Å². The van der Waals surface area contributed by atoms with Crippen LogP contribution in [0.4, 0.5) is 0 Å². The largest absolute Gasteiger partial charge is 0.322 e. The van der Waals surface area contributed by atoms with Crippen LogP contribution in [0, 0.1) is 13.8 Å². The highest BCUT2D eigenvalue weighted by Crippen LogP contribution is 2.31. The number of nitrogens with zero attached hydrogens (tertiary/aromatic N) is 4. The number of hydrogen-bond donors (Lipinski definition) is 2. The van der Waals surface area contributed by atoms with Crippen LogP contribution in [0.1, 0.15) is 79.5 Å². The topological polar surface area (TPSA) is 80.9 Å². The lowest BCUT2D eigenvalue weighted by Gasteiger charge is -2.31. The molecule has 0 unspecified atom stereocenters. The van der Waals surface area contributed by atoms with Crippen molar-refractivity contribution >= 4 is 10.9 Å². The number of H-pyrrole nitrogens is 1. The molecular weight excluding hydrogens is 376 g/mol. The third-order valence-electron chi connectivity index (χ3n) is 6.98. The Bertz CT molecular complexity index is 1100. The standard InChI is InChI=1S/C23H30N6O/c1-15-12-16(2)20-17(13-15)14-19(23(30)24-20)21(28-10-6-3-7-11-28)22-25-26-27-29(22)18-8-4-5-9-18/h12-14,18,21H,3-11H2,1-2H3,(H,24,30)/p+1/t21-/m1/s1. The maximum atomic E-state index is 13.3.